The zero-order chi connectivity index (χ0) is 13.3. The van der Waals surface area contributed by atoms with Gasteiger partial charge in [0.05, 0.1) is 5.92 Å². The summed E-state index contributed by atoms with van der Waals surface area (Å²) in [5.74, 6) is 0.618. The van der Waals surface area contributed by atoms with Crippen LogP contribution in [0.2, 0.25) is 0 Å². The van der Waals surface area contributed by atoms with Gasteiger partial charge in [0.25, 0.3) is 0 Å². The van der Waals surface area contributed by atoms with Crippen molar-refractivity contribution in [2.75, 3.05) is 0 Å². The van der Waals surface area contributed by atoms with Gasteiger partial charge in [0.1, 0.15) is 6.10 Å². The Kier molecular flexibility index (Phi) is 3.69. The minimum Gasteiger partial charge on any atom is -0.462 e. The molecule has 1 heterocycles. The lowest BCUT2D eigenvalue weighted by Gasteiger charge is -2.17. The molecule has 3 nitrogen and oxygen atoms in total. The summed E-state index contributed by atoms with van der Waals surface area (Å²) in [7, 11) is 0. The molecule has 0 aromatic rings. The number of rotatable bonds is 2. The van der Waals surface area contributed by atoms with Gasteiger partial charge in [-0.25, -0.2) is 0 Å². The van der Waals surface area contributed by atoms with E-state index in [0.717, 1.165) is 12.8 Å². The van der Waals surface area contributed by atoms with Gasteiger partial charge in [0.15, 0.2) is 5.78 Å². The second-order valence-electron chi connectivity index (χ2n) is 5.45. The standard InChI is InChI=1S/C15H20O3/c1-9-8-14-13(11(3)15(17)18-14)7-6-12(9)5-4-10(2)16/h4-6,9,11,13-14H,7-8H2,1-3H3/b5-4+/t9-,11?,13+,14-/m0/s1. The molecule has 0 radical (unpaired) electrons. The topological polar surface area (TPSA) is 43.4 Å². The summed E-state index contributed by atoms with van der Waals surface area (Å²) >= 11 is 0. The molecule has 1 unspecified atom stereocenters. The average Bonchev–Trinajstić information content (AvgIpc) is 2.46. The van der Waals surface area contributed by atoms with Crippen LogP contribution in [0.5, 0.6) is 0 Å². The van der Waals surface area contributed by atoms with Crippen LogP contribution in [-0.2, 0) is 14.3 Å². The quantitative estimate of drug-likeness (QED) is 0.557. The molecule has 98 valence electrons. The third-order valence-corrected chi connectivity index (χ3v) is 4.05. The van der Waals surface area contributed by atoms with Crippen molar-refractivity contribution in [3.8, 4) is 0 Å². The molecule has 1 aliphatic carbocycles. The van der Waals surface area contributed by atoms with Crippen molar-refractivity contribution in [3.63, 3.8) is 0 Å². The smallest absolute Gasteiger partial charge is 0.309 e. The van der Waals surface area contributed by atoms with Crippen molar-refractivity contribution >= 4 is 11.8 Å². The fraction of sp³-hybridized carbons (Fsp3) is 0.600. The van der Waals surface area contributed by atoms with E-state index in [0.29, 0.717) is 11.8 Å². The first-order valence-electron chi connectivity index (χ1n) is 6.58. The maximum Gasteiger partial charge on any atom is 0.309 e. The van der Waals surface area contributed by atoms with Gasteiger partial charge in [-0.2, -0.15) is 0 Å². The first kappa shape index (κ1) is 13.1. The predicted molar refractivity (Wildman–Crippen MR) is 68.8 cm³/mol. The molecule has 0 saturated carbocycles. The van der Waals surface area contributed by atoms with Gasteiger partial charge in [-0.1, -0.05) is 26.0 Å². The highest BCUT2D eigenvalue weighted by atomic mass is 16.6. The number of fused-ring (bicyclic) bond motifs is 1. The average molecular weight is 248 g/mol. The monoisotopic (exact) mass is 248 g/mol. The van der Waals surface area contributed by atoms with E-state index in [1.165, 1.54) is 5.57 Å². The van der Waals surface area contributed by atoms with Gasteiger partial charge < -0.3 is 4.74 Å². The van der Waals surface area contributed by atoms with Crippen molar-refractivity contribution in [1.29, 1.82) is 0 Å². The third kappa shape index (κ3) is 2.55. The predicted octanol–water partition coefficient (Wildman–Crippen LogP) is 2.67. The number of carbonyl (C=O) groups is 2. The number of allylic oxidation sites excluding steroid dienone is 4. The largest absolute Gasteiger partial charge is 0.462 e. The van der Waals surface area contributed by atoms with E-state index in [1.807, 2.05) is 13.0 Å². The normalized spacial score (nSPS) is 35.9. The van der Waals surface area contributed by atoms with Gasteiger partial charge in [-0.05, 0) is 37.3 Å². The van der Waals surface area contributed by atoms with Gasteiger partial charge >= 0.3 is 5.97 Å². The van der Waals surface area contributed by atoms with Crippen molar-refractivity contribution in [2.45, 2.75) is 39.7 Å². The van der Waals surface area contributed by atoms with E-state index in [4.69, 9.17) is 4.74 Å². The Balaban J connectivity index is 2.15. The van der Waals surface area contributed by atoms with Crippen LogP contribution >= 0.6 is 0 Å². The second-order valence-corrected chi connectivity index (χ2v) is 5.45. The number of carbonyl (C=O) groups excluding carboxylic acids is 2. The highest BCUT2D eigenvalue weighted by Gasteiger charge is 2.42. The van der Waals surface area contributed by atoms with E-state index in [1.54, 1.807) is 13.0 Å². The molecular weight excluding hydrogens is 228 g/mol. The van der Waals surface area contributed by atoms with Crippen molar-refractivity contribution in [2.24, 2.45) is 17.8 Å². The van der Waals surface area contributed by atoms with Crippen molar-refractivity contribution in [3.05, 3.63) is 23.8 Å². The van der Waals surface area contributed by atoms with Crippen LogP contribution in [0.15, 0.2) is 23.8 Å². The number of ketones is 1. The molecule has 0 aromatic heterocycles. The number of hydrogen-bond acceptors (Lipinski definition) is 3. The first-order valence-corrected chi connectivity index (χ1v) is 6.58. The Hall–Kier alpha value is -1.38. The fourth-order valence-electron chi connectivity index (χ4n) is 2.82. The van der Waals surface area contributed by atoms with Crippen LogP contribution in [-0.4, -0.2) is 17.9 Å². The minimum atomic E-state index is -0.0617. The molecule has 2 aliphatic rings. The molecule has 0 N–H and O–H groups in total. The summed E-state index contributed by atoms with van der Waals surface area (Å²) in [5, 5.41) is 0. The van der Waals surface area contributed by atoms with Crippen LogP contribution in [0.25, 0.3) is 0 Å². The van der Waals surface area contributed by atoms with Gasteiger partial charge in [-0.15, -0.1) is 0 Å². The van der Waals surface area contributed by atoms with E-state index in [2.05, 4.69) is 13.0 Å². The highest BCUT2D eigenvalue weighted by Crippen LogP contribution is 2.39. The van der Waals surface area contributed by atoms with E-state index in [-0.39, 0.29) is 23.8 Å². The molecule has 1 fully saturated rings. The lowest BCUT2D eigenvalue weighted by molar-refractivity contribution is -0.144. The van der Waals surface area contributed by atoms with Crippen LogP contribution in [0.3, 0.4) is 0 Å². The maximum atomic E-state index is 11.6. The molecule has 2 rings (SSSR count). The molecule has 4 atom stereocenters. The fourth-order valence-corrected chi connectivity index (χ4v) is 2.82. The van der Waals surface area contributed by atoms with Crippen LogP contribution in [0.1, 0.15) is 33.6 Å². The van der Waals surface area contributed by atoms with E-state index < -0.39 is 0 Å². The van der Waals surface area contributed by atoms with Crippen LogP contribution in [0, 0.1) is 17.8 Å². The molecule has 0 aromatic carbocycles. The molecular formula is C15H20O3. The molecule has 1 saturated heterocycles. The number of ether oxygens (including phenoxy) is 1. The minimum absolute atomic E-state index is 0.00501. The lowest BCUT2D eigenvalue weighted by Crippen LogP contribution is -2.19. The Bertz CT molecular complexity index is 419. The van der Waals surface area contributed by atoms with Gasteiger partial charge in [-0.3, -0.25) is 9.59 Å². The molecule has 0 amide bonds. The SMILES string of the molecule is CC(=O)/C=C/C1=CC[C@@H]2C(C)C(=O)O[C@H]2C[C@@H]1C. The van der Waals surface area contributed by atoms with Crippen molar-refractivity contribution in [1.82, 2.24) is 0 Å². The Morgan fingerprint density at radius 1 is 1.44 bits per heavy atom. The van der Waals surface area contributed by atoms with Gasteiger partial charge in [0, 0.05) is 5.92 Å². The van der Waals surface area contributed by atoms with Gasteiger partial charge in [0.2, 0.25) is 0 Å². The second kappa shape index (κ2) is 5.09. The number of esters is 1. The number of hydrogen-bond donors (Lipinski definition) is 0. The van der Waals surface area contributed by atoms with Crippen LogP contribution in [0.4, 0.5) is 0 Å². The summed E-state index contributed by atoms with van der Waals surface area (Å²) in [6, 6.07) is 0. The maximum absolute atomic E-state index is 11.6. The summed E-state index contributed by atoms with van der Waals surface area (Å²) in [5.41, 5.74) is 1.18. The lowest BCUT2D eigenvalue weighted by atomic mass is 9.87. The van der Waals surface area contributed by atoms with Crippen molar-refractivity contribution < 1.29 is 14.3 Å². The molecule has 3 heteroatoms. The zero-order valence-corrected chi connectivity index (χ0v) is 11.2. The van der Waals surface area contributed by atoms with Crippen LogP contribution < -0.4 is 0 Å². The molecule has 0 bridgehead atoms. The Morgan fingerprint density at radius 2 is 2.17 bits per heavy atom. The summed E-state index contributed by atoms with van der Waals surface area (Å²) in [6.07, 6.45) is 7.43. The van der Waals surface area contributed by atoms with E-state index >= 15 is 0 Å². The molecule has 18 heavy (non-hydrogen) atoms. The third-order valence-electron chi connectivity index (χ3n) is 4.05. The molecule has 1 aliphatic heterocycles. The summed E-state index contributed by atoms with van der Waals surface area (Å²) in [6.45, 7) is 5.62. The molecule has 0 spiro atoms. The Morgan fingerprint density at radius 3 is 2.83 bits per heavy atom. The summed E-state index contributed by atoms with van der Waals surface area (Å²) in [4.78, 5) is 22.5. The summed E-state index contributed by atoms with van der Waals surface area (Å²) < 4.78 is 5.44. The Labute approximate surface area is 108 Å². The van der Waals surface area contributed by atoms with E-state index in [9.17, 15) is 9.59 Å². The highest BCUT2D eigenvalue weighted by molar-refractivity contribution is 5.87. The zero-order valence-electron chi connectivity index (χ0n) is 11.2. The first-order chi connectivity index (χ1) is 8.49.